The van der Waals surface area contributed by atoms with E-state index in [1.54, 1.807) is 16.5 Å². The number of aromatic nitrogens is 1. The molecule has 2 amide bonds. The van der Waals surface area contributed by atoms with Gasteiger partial charge in [-0.15, -0.1) is 11.3 Å². The molecule has 0 radical (unpaired) electrons. The maximum Gasteiger partial charge on any atom is 0.254 e. The molecule has 0 unspecified atom stereocenters. The molecule has 0 N–H and O–H groups in total. The van der Waals surface area contributed by atoms with Gasteiger partial charge in [0.05, 0.1) is 15.7 Å². The molecule has 0 spiro atoms. The highest BCUT2D eigenvalue weighted by Gasteiger charge is 2.24. The summed E-state index contributed by atoms with van der Waals surface area (Å²) in [4.78, 5) is 33.0. The zero-order valence-corrected chi connectivity index (χ0v) is 17.4. The Morgan fingerprint density at radius 2 is 1.71 bits per heavy atom. The number of hydrogen-bond donors (Lipinski definition) is 0. The first-order chi connectivity index (χ1) is 13.6. The van der Waals surface area contributed by atoms with E-state index in [1.165, 1.54) is 11.3 Å². The van der Waals surface area contributed by atoms with Gasteiger partial charge < -0.3 is 9.80 Å². The third-order valence-electron chi connectivity index (χ3n) is 4.75. The largest absolute Gasteiger partial charge is 0.336 e. The summed E-state index contributed by atoms with van der Waals surface area (Å²) in [6.45, 7) is 2.16. The van der Waals surface area contributed by atoms with Crippen LogP contribution in [0.4, 0.5) is 0 Å². The molecular weight excluding hydrogens is 438 g/mol. The minimum Gasteiger partial charge on any atom is -0.336 e. The smallest absolute Gasteiger partial charge is 0.254 e. The van der Waals surface area contributed by atoms with Crippen molar-refractivity contribution >= 4 is 55.4 Å². The van der Waals surface area contributed by atoms with Crippen LogP contribution in [0.25, 0.3) is 16.3 Å². The number of halogens is 1. The summed E-state index contributed by atoms with van der Waals surface area (Å²) in [6.07, 6.45) is 3.41. The summed E-state index contributed by atoms with van der Waals surface area (Å²) in [5, 5.41) is 0. The second kappa shape index (κ2) is 8.24. The molecule has 2 aromatic carbocycles. The number of carbonyl (C=O) groups is 2. The van der Waals surface area contributed by atoms with E-state index in [0.29, 0.717) is 31.7 Å². The van der Waals surface area contributed by atoms with E-state index in [-0.39, 0.29) is 11.8 Å². The Balaban J connectivity index is 1.35. The van der Waals surface area contributed by atoms with Gasteiger partial charge >= 0.3 is 0 Å². The standard InChI is InChI=1S/C21H18BrN3O2S/c22-17-5-1-15(2-6-17)3-8-20(26)24-9-11-25(12-10-24)21(27)16-4-7-18-19(13-16)28-14-23-18/h1-8,13-14H,9-12H2/b8-3+. The zero-order chi connectivity index (χ0) is 19.5. The van der Waals surface area contributed by atoms with Gasteiger partial charge in [-0.05, 0) is 42.0 Å². The molecule has 0 atom stereocenters. The molecule has 1 saturated heterocycles. The first kappa shape index (κ1) is 18.8. The molecule has 1 aliphatic heterocycles. The predicted octanol–water partition coefficient (Wildman–Crippen LogP) is 4.06. The van der Waals surface area contributed by atoms with Crippen molar-refractivity contribution in [1.82, 2.24) is 14.8 Å². The van der Waals surface area contributed by atoms with Crippen LogP contribution in [0.5, 0.6) is 0 Å². The van der Waals surface area contributed by atoms with Crippen LogP contribution in [0.1, 0.15) is 15.9 Å². The summed E-state index contributed by atoms with van der Waals surface area (Å²) in [6, 6.07) is 13.4. The number of thiazole rings is 1. The second-order valence-corrected chi connectivity index (χ2v) is 8.34. The van der Waals surface area contributed by atoms with Crippen molar-refractivity contribution in [3.63, 3.8) is 0 Å². The van der Waals surface area contributed by atoms with Gasteiger partial charge in [0.15, 0.2) is 0 Å². The van der Waals surface area contributed by atoms with Crippen LogP contribution in [-0.2, 0) is 4.79 Å². The van der Waals surface area contributed by atoms with Gasteiger partial charge in [-0.25, -0.2) is 4.98 Å². The van der Waals surface area contributed by atoms with Gasteiger partial charge in [-0.3, -0.25) is 9.59 Å². The highest BCUT2D eigenvalue weighted by Crippen LogP contribution is 2.20. The van der Waals surface area contributed by atoms with Crippen LogP contribution in [0.15, 0.2) is 58.5 Å². The number of benzene rings is 2. The van der Waals surface area contributed by atoms with Gasteiger partial charge in [0, 0.05) is 42.3 Å². The summed E-state index contributed by atoms with van der Waals surface area (Å²) in [5.41, 5.74) is 4.34. The predicted molar refractivity (Wildman–Crippen MR) is 115 cm³/mol. The highest BCUT2D eigenvalue weighted by molar-refractivity contribution is 9.10. The summed E-state index contributed by atoms with van der Waals surface area (Å²) in [5.74, 6) is -0.0195. The lowest BCUT2D eigenvalue weighted by Gasteiger charge is -2.34. The lowest BCUT2D eigenvalue weighted by Crippen LogP contribution is -2.50. The number of fused-ring (bicyclic) bond motifs is 1. The molecule has 28 heavy (non-hydrogen) atoms. The molecule has 2 heterocycles. The van der Waals surface area contributed by atoms with Crippen molar-refractivity contribution in [2.24, 2.45) is 0 Å². The minimum atomic E-state index is -0.0268. The molecule has 0 saturated carbocycles. The van der Waals surface area contributed by atoms with E-state index in [2.05, 4.69) is 20.9 Å². The monoisotopic (exact) mass is 455 g/mol. The fourth-order valence-corrected chi connectivity index (χ4v) is 4.13. The average molecular weight is 456 g/mol. The Morgan fingerprint density at radius 3 is 2.46 bits per heavy atom. The Labute approximate surface area is 175 Å². The maximum atomic E-state index is 12.8. The summed E-state index contributed by atoms with van der Waals surface area (Å²) in [7, 11) is 0. The van der Waals surface area contributed by atoms with Crippen LogP contribution in [0.2, 0.25) is 0 Å². The SMILES string of the molecule is O=C(/C=C/c1ccc(Br)cc1)N1CCN(C(=O)c2ccc3ncsc3c2)CC1. The first-order valence-electron chi connectivity index (χ1n) is 8.95. The normalized spacial score (nSPS) is 14.8. The van der Waals surface area contributed by atoms with E-state index >= 15 is 0 Å². The zero-order valence-electron chi connectivity index (χ0n) is 15.0. The van der Waals surface area contributed by atoms with Crippen LogP contribution in [0.3, 0.4) is 0 Å². The molecule has 3 aromatic rings. The molecule has 1 fully saturated rings. The number of carbonyl (C=O) groups excluding carboxylic acids is 2. The van der Waals surface area contributed by atoms with E-state index < -0.39 is 0 Å². The van der Waals surface area contributed by atoms with Crippen molar-refractivity contribution in [3.05, 3.63) is 69.7 Å². The molecule has 0 aliphatic carbocycles. The fraction of sp³-hybridized carbons (Fsp3) is 0.190. The quantitative estimate of drug-likeness (QED) is 0.559. The van der Waals surface area contributed by atoms with Crippen molar-refractivity contribution in [2.75, 3.05) is 26.2 Å². The highest BCUT2D eigenvalue weighted by atomic mass is 79.9. The Kier molecular flexibility index (Phi) is 5.54. The van der Waals surface area contributed by atoms with Crippen molar-refractivity contribution < 1.29 is 9.59 Å². The average Bonchev–Trinajstić information content (AvgIpc) is 3.20. The molecular formula is C21H18BrN3O2S. The van der Waals surface area contributed by atoms with Gasteiger partial charge in [0.1, 0.15) is 0 Å². The van der Waals surface area contributed by atoms with E-state index in [0.717, 1.165) is 20.3 Å². The molecule has 142 valence electrons. The van der Waals surface area contributed by atoms with Gasteiger partial charge in [-0.1, -0.05) is 28.1 Å². The summed E-state index contributed by atoms with van der Waals surface area (Å²) < 4.78 is 2.02. The molecule has 4 rings (SSSR count). The van der Waals surface area contributed by atoms with Crippen molar-refractivity contribution in [1.29, 1.82) is 0 Å². The van der Waals surface area contributed by atoms with E-state index in [1.807, 2.05) is 53.4 Å². The number of rotatable bonds is 3. The molecule has 1 aliphatic rings. The lowest BCUT2D eigenvalue weighted by atomic mass is 10.1. The molecule has 7 heteroatoms. The maximum absolute atomic E-state index is 12.8. The first-order valence-corrected chi connectivity index (χ1v) is 10.6. The third-order valence-corrected chi connectivity index (χ3v) is 6.07. The van der Waals surface area contributed by atoms with Crippen LogP contribution in [0, 0.1) is 0 Å². The van der Waals surface area contributed by atoms with Crippen molar-refractivity contribution in [3.8, 4) is 0 Å². The minimum absolute atomic E-state index is 0.00723. The van der Waals surface area contributed by atoms with Crippen LogP contribution in [-0.4, -0.2) is 52.8 Å². The number of amides is 2. The number of hydrogen-bond acceptors (Lipinski definition) is 4. The molecule has 5 nitrogen and oxygen atoms in total. The van der Waals surface area contributed by atoms with Crippen LogP contribution >= 0.6 is 27.3 Å². The topological polar surface area (TPSA) is 53.5 Å². The lowest BCUT2D eigenvalue weighted by molar-refractivity contribution is -0.127. The number of nitrogens with zero attached hydrogens (tertiary/aromatic N) is 3. The van der Waals surface area contributed by atoms with Gasteiger partial charge in [0.25, 0.3) is 5.91 Å². The molecule has 0 bridgehead atoms. The van der Waals surface area contributed by atoms with E-state index in [4.69, 9.17) is 0 Å². The third kappa shape index (κ3) is 4.15. The summed E-state index contributed by atoms with van der Waals surface area (Å²) >= 11 is 4.93. The Bertz CT molecular complexity index is 1040. The fourth-order valence-electron chi connectivity index (χ4n) is 3.15. The van der Waals surface area contributed by atoms with Gasteiger partial charge in [0.2, 0.25) is 5.91 Å². The Morgan fingerprint density at radius 1 is 1.00 bits per heavy atom. The molecule has 1 aromatic heterocycles. The van der Waals surface area contributed by atoms with Crippen molar-refractivity contribution in [2.45, 2.75) is 0 Å². The van der Waals surface area contributed by atoms with Gasteiger partial charge in [-0.2, -0.15) is 0 Å². The Hall–Kier alpha value is -2.51. The number of piperazine rings is 1. The van der Waals surface area contributed by atoms with Crippen LogP contribution < -0.4 is 0 Å². The van der Waals surface area contributed by atoms with E-state index in [9.17, 15) is 9.59 Å². The second-order valence-electron chi connectivity index (χ2n) is 6.54.